The third-order valence-electron chi connectivity index (χ3n) is 7.06. The van der Waals surface area contributed by atoms with Crippen molar-refractivity contribution in [3.63, 3.8) is 0 Å². The molecule has 0 spiro atoms. The van der Waals surface area contributed by atoms with Crippen molar-refractivity contribution in [3.8, 4) is 17.2 Å². The summed E-state index contributed by atoms with van der Waals surface area (Å²) in [6, 6.07) is 14.5. The molecular weight excluding hydrogens is 445 g/mol. The van der Waals surface area contributed by atoms with Crippen molar-refractivity contribution in [1.29, 1.82) is 5.26 Å². The van der Waals surface area contributed by atoms with E-state index in [1.165, 1.54) is 11.6 Å². The molecule has 2 aliphatic heterocycles. The molecule has 2 aromatic rings. The molecule has 2 heterocycles. The summed E-state index contributed by atoms with van der Waals surface area (Å²) in [5.74, 6) is -0.784. The van der Waals surface area contributed by atoms with Crippen LogP contribution in [0.4, 0.5) is 4.39 Å². The first-order valence-electron chi connectivity index (χ1n) is 12.2. The Morgan fingerprint density at radius 2 is 1.80 bits per heavy atom. The SMILES string of the molecule is CN1CCN(Cc2ccc(-c3ccc(C[C@@H](C#N)NC(=O)C4(N)CCOCC4)c(F)c3)cc2)CC1. The fourth-order valence-electron chi connectivity index (χ4n) is 4.57. The van der Waals surface area contributed by atoms with Crippen molar-refractivity contribution in [2.75, 3.05) is 46.4 Å². The maximum atomic E-state index is 14.9. The minimum absolute atomic E-state index is 0.0743. The number of rotatable bonds is 7. The zero-order valence-electron chi connectivity index (χ0n) is 20.3. The Morgan fingerprint density at radius 3 is 2.43 bits per heavy atom. The van der Waals surface area contributed by atoms with Gasteiger partial charge in [0.05, 0.1) is 11.6 Å². The van der Waals surface area contributed by atoms with Crippen LogP contribution in [0.15, 0.2) is 42.5 Å². The van der Waals surface area contributed by atoms with E-state index in [0.717, 1.165) is 43.9 Å². The topological polar surface area (TPSA) is 94.6 Å². The van der Waals surface area contributed by atoms with Gasteiger partial charge in [-0.1, -0.05) is 36.4 Å². The number of nitrogens with two attached hydrogens (primary N) is 1. The normalized spacial score (nSPS) is 19.6. The van der Waals surface area contributed by atoms with Gasteiger partial charge in [0.2, 0.25) is 5.91 Å². The number of carbonyl (C=O) groups is 1. The van der Waals surface area contributed by atoms with E-state index in [2.05, 4.69) is 40.4 Å². The molecule has 186 valence electrons. The Hall–Kier alpha value is -2.83. The largest absolute Gasteiger partial charge is 0.381 e. The minimum Gasteiger partial charge on any atom is -0.381 e. The number of ether oxygens (including phenoxy) is 1. The van der Waals surface area contributed by atoms with Gasteiger partial charge < -0.3 is 20.7 Å². The second-order valence-electron chi connectivity index (χ2n) is 9.71. The first-order valence-corrected chi connectivity index (χ1v) is 12.2. The second-order valence-corrected chi connectivity index (χ2v) is 9.71. The lowest BCUT2D eigenvalue weighted by molar-refractivity contribution is -0.130. The molecule has 0 aliphatic carbocycles. The van der Waals surface area contributed by atoms with Crippen molar-refractivity contribution in [1.82, 2.24) is 15.1 Å². The molecule has 1 atom stereocenters. The van der Waals surface area contributed by atoms with Crippen molar-refractivity contribution >= 4 is 5.91 Å². The predicted molar refractivity (Wildman–Crippen MR) is 133 cm³/mol. The minimum atomic E-state index is -1.05. The summed E-state index contributed by atoms with van der Waals surface area (Å²) in [4.78, 5) is 17.4. The standard InChI is InChI=1S/C27H34FN5O2/c1-32-10-12-33(13-11-32)19-20-2-4-21(5-3-20)22-6-7-23(25(28)17-22)16-24(18-29)31-26(34)27(30)8-14-35-15-9-27/h2-7,17,24H,8-16,19,30H2,1H3,(H,31,34)/t24-/m0/s1. The average Bonchev–Trinajstić information content (AvgIpc) is 2.87. The zero-order chi connectivity index (χ0) is 24.8. The van der Waals surface area contributed by atoms with Crippen molar-refractivity contribution in [2.24, 2.45) is 5.73 Å². The van der Waals surface area contributed by atoms with Gasteiger partial charge in [-0.3, -0.25) is 9.69 Å². The Labute approximate surface area is 206 Å². The monoisotopic (exact) mass is 479 g/mol. The first-order chi connectivity index (χ1) is 16.9. The number of nitrogens with zero attached hydrogens (tertiary/aromatic N) is 3. The number of benzene rings is 2. The Morgan fingerprint density at radius 1 is 1.14 bits per heavy atom. The van der Waals surface area contributed by atoms with E-state index in [0.29, 0.717) is 31.6 Å². The molecule has 0 aromatic heterocycles. The van der Waals surface area contributed by atoms with Crippen LogP contribution in [0.5, 0.6) is 0 Å². The molecule has 2 aliphatic rings. The van der Waals surface area contributed by atoms with E-state index in [4.69, 9.17) is 10.5 Å². The number of likely N-dealkylation sites (N-methyl/N-ethyl adjacent to an activating group) is 1. The van der Waals surface area contributed by atoms with Crippen LogP contribution in [0.25, 0.3) is 11.1 Å². The summed E-state index contributed by atoms with van der Waals surface area (Å²) in [5.41, 5.74) is 8.49. The maximum Gasteiger partial charge on any atom is 0.241 e. The van der Waals surface area contributed by atoms with E-state index < -0.39 is 17.4 Å². The van der Waals surface area contributed by atoms with E-state index in [1.54, 1.807) is 6.07 Å². The van der Waals surface area contributed by atoms with Gasteiger partial charge in [0.15, 0.2) is 0 Å². The quantitative estimate of drug-likeness (QED) is 0.633. The number of halogens is 1. The number of hydrogen-bond acceptors (Lipinski definition) is 6. The van der Waals surface area contributed by atoms with Gasteiger partial charge in [0.25, 0.3) is 0 Å². The molecule has 35 heavy (non-hydrogen) atoms. The highest BCUT2D eigenvalue weighted by Gasteiger charge is 2.37. The average molecular weight is 480 g/mol. The van der Waals surface area contributed by atoms with Crippen LogP contribution >= 0.6 is 0 Å². The molecule has 0 saturated carbocycles. The van der Waals surface area contributed by atoms with E-state index in [9.17, 15) is 14.4 Å². The van der Waals surface area contributed by atoms with E-state index in [1.807, 2.05) is 18.2 Å². The summed E-state index contributed by atoms with van der Waals surface area (Å²) < 4.78 is 20.2. The highest BCUT2D eigenvalue weighted by atomic mass is 19.1. The summed E-state index contributed by atoms with van der Waals surface area (Å²) in [5, 5.41) is 12.2. The first kappa shape index (κ1) is 25.3. The lowest BCUT2D eigenvalue weighted by Gasteiger charge is -2.32. The second kappa shape index (κ2) is 11.3. The van der Waals surface area contributed by atoms with Gasteiger partial charge in [-0.15, -0.1) is 0 Å². The number of nitrogens with one attached hydrogen (secondary N) is 1. The molecule has 2 aromatic carbocycles. The number of nitriles is 1. The van der Waals surface area contributed by atoms with E-state index in [-0.39, 0.29) is 12.3 Å². The molecule has 1 amide bonds. The third kappa shape index (κ3) is 6.44. The number of hydrogen-bond donors (Lipinski definition) is 2. The van der Waals surface area contributed by atoms with Crippen LogP contribution in [0.1, 0.15) is 24.0 Å². The molecular formula is C27H34FN5O2. The lowest BCUT2D eigenvalue weighted by Crippen LogP contribution is -2.58. The van der Waals surface area contributed by atoms with Gasteiger partial charge >= 0.3 is 0 Å². The molecule has 0 bridgehead atoms. The van der Waals surface area contributed by atoms with Crippen LogP contribution in [-0.4, -0.2) is 73.7 Å². The van der Waals surface area contributed by atoms with Gasteiger partial charge in [0.1, 0.15) is 11.9 Å². The van der Waals surface area contributed by atoms with Crippen molar-refractivity contribution in [3.05, 3.63) is 59.4 Å². The zero-order valence-corrected chi connectivity index (χ0v) is 20.3. The predicted octanol–water partition coefficient (Wildman–Crippen LogP) is 2.30. The molecule has 2 fully saturated rings. The molecule has 0 radical (unpaired) electrons. The number of piperazine rings is 1. The summed E-state index contributed by atoms with van der Waals surface area (Å²) in [7, 11) is 2.15. The number of carbonyl (C=O) groups excluding carboxylic acids is 1. The van der Waals surface area contributed by atoms with Gasteiger partial charge in [0, 0.05) is 52.4 Å². The summed E-state index contributed by atoms with van der Waals surface area (Å²) in [6.07, 6.45) is 0.868. The van der Waals surface area contributed by atoms with Crippen LogP contribution in [0.3, 0.4) is 0 Å². The summed E-state index contributed by atoms with van der Waals surface area (Å²) >= 11 is 0. The highest BCUT2D eigenvalue weighted by molar-refractivity contribution is 5.86. The summed E-state index contributed by atoms with van der Waals surface area (Å²) in [6.45, 7) is 6.04. The maximum absolute atomic E-state index is 14.9. The van der Waals surface area contributed by atoms with Crippen LogP contribution in [0, 0.1) is 17.1 Å². The Kier molecular flexibility index (Phi) is 8.14. The Balaban J connectivity index is 1.37. The number of amides is 1. The van der Waals surface area contributed by atoms with Crippen LogP contribution in [0.2, 0.25) is 0 Å². The highest BCUT2D eigenvalue weighted by Crippen LogP contribution is 2.24. The van der Waals surface area contributed by atoms with Gasteiger partial charge in [-0.25, -0.2) is 4.39 Å². The van der Waals surface area contributed by atoms with Crippen molar-refractivity contribution < 1.29 is 13.9 Å². The molecule has 3 N–H and O–H groups in total. The fraction of sp³-hybridized carbons (Fsp3) is 0.481. The molecule has 2 saturated heterocycles. The van der Waals surface area contributed by atoms with Gasteiger partial charge in [-0.05, 0) is 48.2 Å². The van der Waals surface area contributed by atoms with Crippen LogP contribution < -0.4 is 11.1 Å². The molecule has 8 heteroatoms. The fourth-order valence-corrected chi connectivity index (χ4v) is 4.57. The Bertz CT molecular complexity index is 1050. The smallest absolute Gasteiger partial charge is 0.241 e. The van der Waals surface area contributed by atoms with Gasteiger partial charge in [-0.2, -0.15) is 5.26 Å². The molecule has 4 rings (SSSR count). The molecule has 7 nitrogen and oxygen atoms in total. The third-order valence-corrected chi connectivity index (χ3v) is 7.06. The molecule has 0 unspecified atom stereocenters. The van der Waals surface area contributed by atoms with Crippen molar-refractivity contribution in [2.45, 2.75) is 37.4 Å². The van der Waals surface area contributed by atoms with Crippen LogP contribution in [-0.2, 0) is 22.5 Å². The lowest BCUT2D eigenvalue weighted by atomic mass is 9.90. The van der Waals surface area contributed by atoms with E-state index >= 15 is 0 Å².